The molecule has 0 radical (unpaired) electrons. The molecular weight excluding hydrogens is 574 g/mol. The van der Waals surface area contributed by atoms with Gasteiger partial charge in [0.15, 0.2) is 0 Å². The highest BCUT2D eigenvalue weighted by molar-refractivity contribution is 14.1. The van der Waals surface area contributed by atoms with E-state index in [1.165, 1.54) is 14.2 Å². The lowest BCUT2D eigenvalue weighted by atomic mass is 10.0. The summed E-state index contributed by atoms with van der Waals surface area (Å²) in [7, 11) is 2.79. The van der Waals surface area contributed by atoms with E-state index in [1.54, 1.807) is 0 Å². The first kappa shape index (κ1) is 22.1. The first-order chi connectivity index (χ1) is 12.8. The van der Waals surface area contributed by atoms with Gasteiger partial charge in [-0.25, -0.2) is 4.99 Å². The maximum Gasteiger partial charge on any atom is 0.305 e. The number of rotatable bonds is 7. The molecule has 0 saturated heterocycles. The zero-order valence-corrected chi connectivity index (χ0v) is 20.1. The Morgan fingerprint density at radius 1 is 1.07 bits per heavy atom. The van der Waals surface area contributed by atoms with Crippen LogP contribution in [0, 0.1) is 10.6 Å². The summed E-state index contributed by atoms with van der Waals surface area (Å²) in [4.78, 5) is 31.1. The van der Waals surface area contributed by atoms with E-state index in [9.17, 15) is 9.59 Å². The van der Waals surface area contributed by atoms with Gasteiger partial charge in [-0.1, -0.05) is 0 Å². The summed E-state index contributed by atoms with van der Waals surface area (Å²) in [6, 6.07) is 0. The van der Waals surface area contributed by atoms with E-state index in [1.807, 2.05) is 19.9 Å². The van der Waals surface area contributed by atoms with Gasteiger partial charge in [0.1, 0.15) is 3.72 Å². The number of esters is 2. The van der Waals surface area contributed by atoms with Gasteiger partial charge in [-0.2, -0.15) is 0 Å². The van der Waals surface area contributed by atoms with Crippen molar-refractivity contribution in [1.29, 1.82) is 0 Å². The summed E-state index contributed by atoms with van der Waals surface area (Å²) >= 11 is 4.47. The number of ether oxygens (including phenoxy) is 2. The highest BCUT2D eigenvalue weighted by atomic mass is 127. The number of hydrogen-bond acceptors (Lipinski definition) is 5. The molecule has 0 spiro atoms. The van der Waals surface area contributed by atoms with Crippen molar-refractivity contribution < 1.29 is 19.1 Å². The number of aromatic nitrogens is 1. The van der Waals surface area contributed by atoms with E-state index in [4.69, 9.17) is 9.47 Å². The molecule has 1 aliphatic rings. The minimum atomic E-state index is -0.236. The predicted octanol–water partition coefficient (Wildman–Crippen LogP) is 4.49. The van der Waals surface area contributed by atoms with Crippen LogP contribution >= 0.6 is 45.2 Å². The zero-order valence-electron chi connectivity index (χ0n) is 15.7. The zero-order chi connectivity index (χ0) is 20.1. The van der Waals surface area contributed by atoms with E-state index in [2.05, 4.69) is 55.2 Å². The van der Waals surface area contributed by atoms with Crippen LogP contribution < -0.4 is 0 Å². The minimum Gasteiger partial charge on any atom is -0.469 e. The maximum absolute atomic E-state index is 11.6. The van der Waals surface area contributed by atoms with Gasteiger partial charge in [0, 0.05) is 18.5 Å². The molecule has 0 fully saturated rings. The standard InChI is InChI=1S/C19H22I2N2O4/c1-10-12(5-7-16(24)26-3)14(22-18(10)20)9-15-13(6-8-17(25)27-4)11(2)19(21)23-15/h9,22H,5-8H2,1-4H3/b15-9-. The molecule has 0 bridgehead atoms. The second-order valence-corrected chi connectivity index (χ2v) is 8.24. The minimum absolute atomic E-state index is 0.229. The van der Waals surface area contributed by atoms with Crippen LogP contribution in [0.1, 0.15) is 43.0 Å². The molecule has 146 valence electrons. The molecular formula is C19H22I2N2O4. The first-order valence-corrected chi connectivity index (χ1v) is 10.6. The Balaban J connectivity index is 2.34. The number of aromatic amines is 1. The van der Waals surface area contributed by atoms with Gasteiger partial charge < -0.3 is 14.5 Å². The van der Waals surface area contributed by atoms with Gasteiger partial charge in [0.05, 0.1) is 23.6 Å². The molecule has 1 N–H and O–H groups in total. The molecule has 27 heavy (non-hydrogen) atoms. The van der Waals surface area contributed by atoms with Crippen molar-refractivity contribution in [3.05, 3.63) is 37.4 Å². The molecule has 0 unspecified atom stereocenters. The Kier molecular flexibility index (Phi) is 8.07. The lowest BCUT2D eigenvalue weighted by molar-refractivity contribution is -0.141. The fourth-order valence-electron chi connectivity index (χ4n) is 2.87. The third kappa shape index (κ3) is 5.43. The van der Waals surface area contributed by atoms with Crippen LogP contribution in [0.4, 0.5) is 0 Å². The Hall–Kier alpha value is -1.17. The van der Waals surface area contributed by atoms with E-state index in [0.717, 1.165) is 41.1 Å². The van der Waals surface area contributed by atoms with E-state index in [-0.39, 0.29) is 11.9 Å². The van der Waals surface area contributed by atoms with Crippen molar-refractivity contribution in [2.45, 2.75) is 39.5 Å². The van der Waals surface area contributed by atoms with Crippen LogP contribution in [-0.2, 0) is 25.5 Å². The van der Waals surface area contributed by atoms with Gasteiger partial charge in [0.2, 0.25) is 0 Å². The van der Waals surface area contributed by atoms with E-state index in [0.29, 0.717) is 25.7 Å². The topological polar surface area (TPSA) is 80.8 Å². The number of methoxy groups -OCH3 is 2. The third-order valence-corrected chi connectivity index (χ3v) is 6.67. The molecule has 1 aromatic heterocycles. The lowest BCUT2D eigenvalue weighted by Crippen LogP contribution is -2.03. The number of H-pyrrole nitrogens is 1. The maximum atomic E-state index is 11.6. The second-order valence-electron chi connectivity index (χ2n) is 6.14. The quantitative estimate of drug-likeness (QED) is 0.372. The fourth-order valence-corrected chi connectivity index (χ4v) is 4.07. The molecule has 1 aliphatic heterocycles. The number of allylic oxidation sites excluding steroid dienone is 2. The summed E-state index contributed by atoms with van der Waals surface area (Å²) in [5, 5.41) is 0. The number of carbonyl (C=O) groups excluding carboxylic acids is 2. The monoisotopic (exact) mass is 596 g/mol. The molecule has 2 heterocycles. The van der Waals surface area contributed by atoms with Crippen LogP contribution in [0.25, 0.3) is 6.08 Å². The van der Waals surface area contributed by atoms with Crippen molar-refractivity contribution in [1.82, 2.24) is 4.98 Å². The van der Waals surface area contributed by atoms with Crippen molar-refractivity contribution >= 4 is 66.9 Å². The van der Waals surface area contributed by atoms with Gasteiger partial charge in [-0.3, -0.25) is 9.59 Å². The largest absolute Gasteiger partial charge is 0.469 e. The van der Waals surface area contributed by atoms with Crippen LogP contribution in [0.3, 0.4) is 0 Å². The highest BCUT2D eigenvalue weighted by Crippen LogP contribution is 2.34. The Morgan fingerprint density at radius 3 is 2.26 bits per heavy atom. The average Bonchev–Trinajstić information content (AvgIpc) is 3.06. The van der Waals surface area contributed by atoms with Crippen molar-refractivity contribution in [3.8, 4) is 0 Å². The average molecular weight is 596 g/mol. The van der Waals surface area contributed by atoms with Gasteiger partial charge in [-0.05, 0) is 100 Å². The number of hydrogen-bond donors (Lipinski definition) is 1. The summed E-state index contributed by atoms with van der Waals surface area (Å²) < 4.78 is 11.5. The number of halogens is 2. The predicted molar refractivity (Wildman–Crippen MR) is 122 cm³/mol. The summed E-state index contributed by atoms with van der Waals surface area (Å²) in [5.74, 6) is -0.465. The first-order valence-electron chi connectivity index (χ1n) is 8.45. The summed E-state index contributed by atoms with van der Waals surface area (Å²) in [6.07, 6.45) is 3.82. The number of nitrogens with zero attached hydrogens (tertiary/aromatic N) is 1. The van der Waals surface area contributed by atoms with E-state index < -0.39 is 0 Å². The Bertz CT molecular complexity index is 850. The van der Waals surface area contributed by atoms with Crippen LogP contribution in [-0.4, -0.2) is 34.9 Å². The Labute approximate surface area is 186 Å². The van der Waals surface area contributed by atoms with Gasteiger partial charge in [-0.15, -0.1) is 0 Å². The molecule has 0 saturated carbocycles. The van der Waals surface area contributed by atoms with Crippen LogP contribution in [0.2, 0.25) is 0 Å². The number of aliphatic imine (C=N–C) groups is 1. The molecule has 0 aromatic carbocycles. The molecule has 6 nitrogen and oxygen atoms in total. The van der Waals surface area contributed by atoms with E-state index >= 15 is 0 Å². The van der Waals surface area contributed by atoms with Crippen molar-refractivity contribution in [2.75, 3.05) is 14.2 Å². The SMILES string of the molecule is COC(=O)CCC1=C(C)C(I)=N/C1=C\c1[nH]c(I)c(C)c1CCC(=O)OC. The molecule has 0 atom stereocenters. The van der Waals surface area contributed by atoms with Crippen molar-refractivity contribution in [2.24, 2.45) is 4.99 Å². The highest BCUT2D eigenvalue weighted by Gasteiger charge is 2.21. The van der Waals surface area contributed by atoms with Crippen molar-refractivity contribution in [3.63, 3.8) is 0 Å². The molecule has 1 aromatic rings. The molecule has 2 rings (SSSR count). The fraction of sp³-hybridized carbons (Fsp3) is 0.421. The summed E-state index contributed by atoms with van der Waals surface area (Å²) in [5.41, 5.74) is 6.12. The summed E-state index contributed by atoms with van der Waals surface area (Å²) in [6.45, 7) is 4.05. The molecule has 8 heteroatoms. The number of nitrogens with one attached hydrogen (secondary N) is 1. The second kappa shape index (κ2) is 9.85. The van der Waals surface area contributed by atoms with Crippen LogP contribution in [0.5, 0.6) is 0 Å². The van der Waals surface area contributed by atoms with Gasteiger partial charge >= 0.3 is 11.9 Å². The van der Waals surface area contributed by atoms with Crippen LogP contribution in [0.15, 0.2) is 21.8 Å². The normalized spacial score (nSPS) is 15.3. The van der Waals surface area contributed by atoms with Gasteiger partial charge in [0.25, 0.3) is 0 Å². The smallest absolute Gasteiger partial charge is 0.305 e. The Morgan fingerprint density at radius 2 is 1.67 bits per heavy atom. The number of carbonyl (C=O) groups is 2. The molecule has 0 aliphatic carbocycles. The lowest BCUT2D eigenvalue weighted by Gasteiger charge is -2.06. The third-order valence-electron chi connectivity index (χ3n) is 4.54. The molecule has 0 amide bonds.